The van der Waals surface area contributed by atoms with Crippen LogP contribution in [0.5, 0.6) is 0 Å². The highest BCUT2D eigenvalue weighted by Crippen LogP contribution is 2.40. The van der Waals surface area contributed by atoms with Crippen molar-refractivity contribution in [3.05, 3.63) is 35.7 Å². The molecule has 1 fully saturated rings. The number of H-pyrrole nitrogens is 1. The Morgan fingerprint density at radius 1 is 1.32 bits per heavy atom. The van der Waals surface area contributed by atoms with Gasteiger partial charge in [-0.15, -0.1) is 11.3 Å². The van der Waals surface area contributed by atoms with Gasteiger partial charge in [0.05, 0.1) is 11.0 Å². The molecule has 1 aliphatic rings. The number of aromatic nitrogens is 4. The molecule has 4 N–H and O–H groups in total. The largest absolute Gasteiger partial charge is 0.389 e. The molecule has 174 valence electrons. The van der Waals surface area contributed by atoms with Gasteiger partial charge in [-0.1, -0.05) is 0 Å². The minimum atomic E-state index is -3.64. The molecule has 3 aromatic rings. The van der Waals surface area contributed by atoms with Crippen LogP contribution in [-0.2, 0) is 10.0 Å². The van der Waals surface area contributed by atoms with E-state index in [4.69, 9.17) is 0 Å². The summed E-state index contributed by atoms with van der Waals surface area (Å²) < 4.78 is 28.1. The van der Waals surface area contributed by atoms with Gasteiger partial charge in [0, 0.05) is 40.7 Å². The predicted octanol–water partition coefficient (Wildman–Crippen LogP) is 4.66. The van der Waals surface area contributed by atoms with Crippen molar-refractivity contribution in [1.82, 2.24) is 24.9 Å². The number of aromatic amines is 1. The fourth-order valence-electron chi connectivity index (χ4n) is 3.08. The first kappa shape index (κ1) is 21.9. The van der Waals surface area contributed by atoms with Crippen LogP contribution in [0.2, 0.25) is 0 Å². The van der Waals surface area contributed by atoms with Gasteiger partial charge in [-0.05, 0) is 52.7 Å². The number of nitrogens with one attached hydrogen (secondary N) is 3. The van der Waals surface area contributed by atoms with E-state index < -0.39 is 21.7 Å². The zero-order valence-electron chi connectivity index (χ0n) is 17.8. The summed E-state index contributed by atoms with van der Waals surface area (Å²) in [5.74, 6) is 1.94. The van der Waals surface area contributed by atoms with Gasteiger partial charge < -0.3 is 10.4 Å². The van der Waals surface area contributed by atoms with Gasteiger partial charge in [-0.2, -0.15) is 5.10 Å². The lowest BCUT2D eigenvalue weighted by atomic mass is 10.1. The fourth-order valence-corrected chi connectivity index (χ4v) is 5.74. The van der Waals surface area contributed by atoms with Crippen molar-refractivity contribution in [2.75, 3.05) is 5.32 Å². The van der Waals surface area contributed by atoms with Crippen molar-refractivity contribution in [2.45, 2.75) is 62.3 Å². The van der Waals surface area contributed by atoms with Crippen LogP contribution >= 0.6 is 11.3 Å². The number of rotatable bonds is 7. The number of nitrogens with zero attached hydrogens (tertiary/aromatic N) is 3. The lowest BCUT2D eigenvalue weighted by molar-refractivity contribution is 0.199. The molecule has 1 unspecified atom stereocenters. The maximum absolute atomic E-state index is 12.6. The highest BCUT2D eigenvalue weighted by molar-refractivity contribution is 7.91. The zero-order chi connectivity index (χ0) is 22.4. The van der Waals surface area contributed by atoms with Crippen molar-refractivity contribution in [1.29, 1.82) is 0 Å². The lowest BCUT2D eigenvalue weighted by Crippen LogP contribution is -2.40. The molecule has 0 saturated heterocycles. The third-order valence-electron chi connectivity index (χ3n) is 4.64. The smallest absolute Gasteiger partial charge is 0.250 e. The van der Waals surface area contributed by atoms with Crippen molar-refractivity contribution in [3.8, 4) is 10.7 Å². The van der Waals surface area contributed by atoms with E-state index in [1.807, 2.05) is 6.07 Å². The molecule has 1 aliphatic carbocycles. The average molecular weight is 471 g/mol. The van der Waals surface area contributed by atoms with Crippen LogP contribution in [-0.4, -0.2) is 39.2 Å². The molecule has 1 saturated carbocycles. The van der Waals surface area contributed by atoms with Gasteiger partial charge in [-0.3, -0.25) is 5.10 Å². The summed E-state index contributed by atoms with van der Waals surface area (Å²) in [5, 5.41) is 20.6. The molecular weight excluding hydrogens is 436 g/mol. The topological polar surface area (TPSA) is 133 Å². The Labute approximate surface area is 191 Å². The standard InChI is InChI=1S/C20H26N6O3S2.4H2/c1-11(27)13-10-21-19(15-7-8-17(30-15)31(28,29)26-20(2,3)4)23-18(13)22-16-9-14(24-25-16)12-5-6-12;;;;/h7-12,26-27H,5-6H2,1-4H3,(H2,21,22,23,24,25);4*1H. The molecule has 3 heterocycles. The fraction of sp³-hybridized carbons (Fsp3) is 0.450. The molecule has 0 amide bonds. The Hall–Kier alpha value is -2.34. The first-order valence-electron chi connectivity index (χ1n) is 10.0. The number of hydrogen-bond donors (Lipinski definition) is 4. The Kier molecular flexibility index (Phi) is 5.63. The predicted molar refractivity (Wildman–Crippen MR) is 128 cm³/mol. The van der Waals surface area contributed by atoms with E-state index in [0.29, 0.717) is 33.8 Å². The normalized spacial score (nSPS) is 15.8. The second-order valence-corrected chi connectivity index (χ2v) is 11.7. The first-order chi connectivity index (χ1) is 14.5. The van der Waals surface area contributed by atoms with Crippen LogP contribution in [0.15, 0.2) is 28.6 Å². The number of thiophene rings is 1. The molecule has 31 heavy (non-hydrogen) atoms. The highest BCUT2D eigenvalue weighted by atomic mass is 32.2. The van der Waals surface area contributed by atoms with Crippen molar-refractivity contribution in [2.24, 2.45) is 0 Å². The monoisotopic (exact) mass is 470 g/mol. The van der Waals surface area contributed by atoms with E-state index in [1.54, 1.807) is 46.0 Å². The van der Waals surface area contributed by atoms with Gasteiger partial charge in [0.1, 0.15) is 10.0 Å². The van der Waals surface area contributed by atoms with E-state index >= 15 is 0 Å². The molecule has 0 spiro atoms. The van der Waals surface area contributed by atoms with E-state index in [1.165, 1.54) is 0 Å². The van der Waals surface area contributed by atoms with Crippen molar-refractivity contribution in [3.63, 3.8) is 0 Å². The third kappa shape index (κ3) is 5.12. The van der Waals surface area contributed by atoms with Gasteiger partial charge in [0.25, 0.3) is 10.0 Å². The van der Waals surface area contributed by atoms with Gasteiger partial charge >= 0.3 is 0 Å². The Morgan fingerprint density at radius 3 is 2.71 bits per heavy atom. The second kappa shape index (κ2) is 7.97. The van der Waals surface area contributed by atoms with Crippen LogP contribution in [0.1, 0.15) is 69.5 Å². The Morgan fingerprint density at radius 2 is 2.06 bits per heavy atom. The van der Waals surface area contributed by atoms with Crippen LogP contribution in [0.3, 0.4) is 0 Å². The SMILES string of the molecule is CC(O)c1cnc(-c2ccc(S(=O)(=O)NC(C)(C)C)s2)nc1Nc1cc(C2CC2)[nH]n1.[HH].[HH].[HH].[HH]. The summed E-state index contributed by atoms with van der Waals surface area (Å²) in [6.07, 6.45) is 3.08. The summed E-state index contributed by atoms with van der Waals surface area (Å²) in [6, 6.07) is 5.17. The number of aliphatic hydroxyl groups excluding tert-OH is 1. The maximum Gasteiger partial charge on any atom is 0.250 e. The van der Waals surface area contributed by atoms with E-state index in [2.05, 4.69) is 30.2 Å². The Bertz CT molecular complexity index is 1210. The van der Waals surface area contributed by atoms with Crippen LogP contribution < -0.4 is 10.0 Å². The molecular formula is C20H34N6O3S2. The van der Waals surface area contributed by atoms with Gasteiger partial charge in [0.15, 0.2) is 11.6 Å². The maximum atomic E-state index is 12.6. The molecule has 0 aromatic carbocycles. The molecule has 0 radical (unpaired) electrons. The molecule has 1 atom stereocenters. The zero-order valence-corrected chi connectivity index (χ0v) is 19.4. The molecule has 4 rings (SSSR count). The van der Waals surface area contributed by atoms with Gasteiger partial charge in [0.2, 0.25) is 0 Å². The minimum Gasteiger partial charge on any atom is -0.389 e. The summed E-state index contributed by atoms with van der Waals surface area (Å²) in [4.78, 5) is 9.51. The summed E-state index contributed by atoms with van der Waals surface area (Å²) >= 11 is 1.09. The lowest BCUT2D eigenvalue weighted by Gasteiger charge is -2.19. The van der Waals surface area contributed by atoms with E-state index in [9.17, 15) is 13.5 Å². The highest BCUT2D eigenvalue weighted by Gasteiger charge is 2.26. The van der Waals surface area contributed by atoms with Crippen LogP contribution in [0.4, 0.5) is 11.6 Å². The summed E-state index contributed by atoms with van der Waals surface area (Å²) in [7, 11) is -3.64. The third-order valence-corrected chi connectivity index (χ3v) is 7.97. The first-order valence-corrected chi connectivity index (χ1v) is 12.3. The second-order valence-electron chi connectivity index (χ2n) is 8.76. The quantitative estimate of drug-likeness (QED) is 0.394. The van der Waals surface area contributed by atoms with Gasteiger partial charge in [-0.25, -0.2) is 23.1 Å². The van der Waals surface area contributed by atoms with Crippen LogP contribution in [0, 0.1) is 0 Å². The average Bonchev–Trinajstić information content (AvgIpc) is 3.19. The van der Waals surface area contributed by atoms with E-state index in [0.717, 1.165) is 29.9 Å². The Balaban J connectivity index is 0.00000289. The van der Waals surface area contributed by atoms with Crippen molar-refractivity contribution < 1.29 is 19.2 Å². The molecule has 0 aliphatic heterocycles. The molecule has 3 aromatic heterocycles. The number of anilines is 2. The molecule has 9 nitrogen and oxygen atoms in total. The minimum absolute atomic E-state index is 0. The molecule has 0 bridgehead atoms. The summed E-state index contributed by atoms with van der Waals surface area (Å²) in [6.45, 7) is 7.01. The number of sulfonamides is 1. The van der Waals surface area contributed by atoms with Crippen LogP contribution in [0.25, 0.3) is 10.7 Å². The number of hydrogen-bond acceptors (Lipinski definition) is 8. The van der Waals surface area contributed by atoms with E-state index in [-0.39, 0.29) is 9.92 Å². The number of aliphatic hydroxyl groups is 1. The summed E-state index contributed by atoms with van der Waals surface area (Å²) in [5.41, 5.74) is 1.02. The van der Waals surface area contributed by atoms with Crippen molar-refractivity contribution >= 4 is 33.0 Å². The molecule has 11 heteroatoms.